The van der Waals surface area contributed by atoms with Crippen LogP contribution in [0.2, 0.25) is 0 Å². The van der Waals surface area contributed by atoms with E-state index in [2.05, 4.69) is 41.5 Å². The molecule has 4 rings (SSSR count). The first-order valence-corrected chi connectivity index (χ1v) is 12.2. The molecule has 0 aliphatic heterocycles. The van der Waals surface area contributed by atoms with Crippen LogP contribution in [-0.4, -0.2) is 47.0 Å². The summed E-state index contributed by atoms with van der Waals surface area (Å²) in [5.41, 5.74) is 1.46. The lowest BCUT2D eigenvalue weighted by Crippen LogP contribution is -2.40. The number of para-hydroxylation sites is 1. The first-order chi connectivity index (χ1) is 16.4. The summed E-state index contributed by atoms with van der Waals surface area (Å²) in [6.45, 7) is 2.00. The van der Waals surface area contributed by atoms with Crippen LogP contribution >= 0.6 is 28.3 Å². The number of benzene rings is 1. The zero-order valence-corrected chi connectivity index (χ0v) is 22.4. The Morgan fingerprint density at radius 3 is 2.49 bits per heavy atom. The molecular weight excluding hydrogens is 532 g/mol. The van der Waals surface area contributed by atoms with Crippen molar-refractivity contribution in [3.8, 4) is 11.6 Å². The van der Waals surface area contributed by atoms with Crippen molar-refractivity contribution < 1.29 is 9.53 Å². The van der Waals surface area contributed by atoms with Crippen LogP contribution in [-0.2, 0) is 0 Å². The SMILES string of the molecule is Cc1cnc(N[C@H]2CC[C@@H](NC(=O)c3cccnc3Oc3ccccc3Br)CC2)nc1N(C)C.Cl. The molecule has 10 heteroatoms. The van der Waals surface area contributed by atoms with Crippen molar-refractivity contribution in [2.24, 2.45) is 0 Å². The number of amides is 1. The van der Waals surface area contributed by atoms with Crippen molar-refractivity contribution >= 4 is 46.0 Å². The predicted octanol–water partition coefficient (Wildman–Crippen LogP) is 5.38. The van der Waals surface area contributed by atoms with Crippen LogP contribution in [0.3, 0.4) is 0 Å². The fourth-order valence-corrected chi connectivity index (χ4v) is 4.43. The zero-order chi connectivity index (χ0) is 24.1. The lowest BCUT2D eigenvalue weighted by atomic mass is 9.91. The van der Waals surface area contributed by atoms with Gasteiger partial charge in [-0.3, -0.25) is 4.79 Å². The van der Waals surface area contributed by atoms with Gasteiger partial charge in [-0.1, -0.05) is 12.1 Å². The summed E-state index contributed by atoms with van der Waals surface area (Å²) in [5.74, 6) is 2.28. The second kappa shape index (κ2) is 12.2. The smallest absolute Gasteiger partial charge is 0.257 e. The lowest BCUT2D eigenvalue weighted by molar-refractivity contribution is 0.0923. The standard InChI is InChI=1S/C25H29BrN6O2.ClH/c1-16-15-28-25(31-22(16)32(2)3)30-18-12-10-17(11-13-18)29-23(33)19-7-6-14-27-24(19)34-21-9-5-4-8-20(21)26;/h4-9,14-15,17-18H,10-13H2,1-3H3,(H,29,33)(H,28,30,31);1H/t17-,18+;. The number of ether oxygens (including phenoxy) is 1. The number of carbonyl (C=O) groups excluding carboxylic acids is 1. The molecule has 1 aromatic carbocycles. The Labute approximate surface area is 220 Å². The molecule has 0 unspecified atom stereocenters. The molecule has 35 heavy (non-hydrogen) atoms. The Morgan fingerprint density at radius 2 is 1.77 bits per heavy atom. The Bertz CT molecular complexity index is 1150. The third-order valence-electron chi connectivity index (χ3n) is 5.82. The molecule has 1 aliphatic rings. The first-order valence-electron chi connectivity index (χ1n) is 11.4. The summed E-state index contributed by atoms with van der Waals surface area (Å²) in [6.07, 6.45) is 7.05. The van der Waals surface area contributed by atoms with Crippen LogP contribution in [0.4, 0.5) is 11.8 Å². The fraction of sp³-hybridized carbons (Fsp3) is 0.360. The van der Waals surface area contributed by atoms with Crippen LogP contribution in [0.5, 0.6) is 11.6 Å². The molecule has 0 bridgehead atoms. The number of aromatic nitrogens is 3. The Morgan fingerprint density at radius 1 is 1.06 bits per heavy atom. The van der Waals surface area contributed by atoms with Crippen molar-refractivity contribution in [2.75, 3.05) is 24.3 Å². The van der Waals surface area contributed by atoms with Gasteiger partial charge in [-0.2, -0.15) is 4.98 Å². The minimum Gasteiger partial charge on any atom is -0.437 e. The molecule has 1 aliphatic carbocycles. The molecule has 2 N–H and O–H groups in total. The average molecular weight is 562 g/mol. The van der Waals surface area contributed by atoms with Crippen molar-refractivity contribution in [1.82, 2.24) is 20.3 Å². The van der Waals surface area contributed by atoms with Crippen molar-refractivity contribution in [1.29, 1.82) is 0 Å². The predicted molar refractivity (Wildman–Crippen MR) is 144 cm³/mol. The van der Waals surface area contributed by atoms with E-state index in [-0.39, 0.29) is 36.3 Å². The largest absolute Gasteiger partial charge is 0.437 e. The molecule has 1 fully saturated rings. The number of rotatable bonds is 7. The molecule has 186 valence electrons. The average Bonchev–Trinajstić information content (AvgIpc) is 2.83. The summed E-state index contributed by atoms with van der Waals surface area (Å²) in [6, 6.07) is 11.3. The first kappa shape index (κ1) is 26.7. The van der Waals surface area contributed by atoms with E-state index >= 15 is 0 Å². The summed E-state index contributed by atoms with van der Waals surface area (Å²) >= 11 is 3.47. The van der Waals surface area contributed by atoms with Crippen LogP contribution in [0.15, 0.2) is 53.3 Å². The van der Waals surface area contributed by atoms with Gasteiger partial charge in [-0.05, 0) is 72.8 Å². The molecule has 2 aromatic heterocycles. The van der Waals surface area contributed by atoms with Gasteiger partial charge in [0.25, 0.3) is 5.91 Å². The number of carbonyl (C=O) groups is 1. The van der Waals surface area contributed by atoms with E-state index < -0.39 is 0 Å². The molecule has 0 saturated heterocycles. The third kappa shape index (κ3) is 6.82. The van der Waals surface area contributed by atoms with E-state index in [9.17, 15) is 4.79 Å². The Hall–Kier alpha value is -2.91. The van der Waals surface area contributed by atoms with Crippen LogP contribution < -0.4 is 20.3 Å². The van der Waals surface area contributed by atoms with Gasteiger partial charge < -0.3 is 20.3 Å². The number of aryl methyl sites for hydroxylation is 1. The zero-order valence-electron chi connectivity index (χ0n) is 20.0. The maximum absolute atomic E-state index is 13.0. The highest BCUT2D eigenvalue weighted by molar-refractivity contribution is 9.10. The highest BCUT2D eigenvalue weighted by atomic mass is 79.9. The van der Waals surface area contributed by atoms with E-state index in [1.165, 1.54) is 0 Å². The van der Waals surface area contributed by atoms with Gasteiger partial charge >= 0.3 is 0 Å². The topological polar surface area (TPSA) is 92.3 Å². The molecular formula is C25H30BrClN6O2. The number of halogens is 2. The quantitative estimate of drug-likeness (QED) is 0.400. The highest BCUT2D eigenvalue weighted by Gasteiger charge is 2.25. The van der Waals surface area contributed by atoms with Gasteiger partial charge in [0.15, 0.2) is 0 Å². The van der Waals surface area contributed by atoms with Crippen molar-refractivity contribution in [2.45, 2.75) is 44.7 Å². The number of pyridine rings is 1. The summed E-state index contributed by atoms with van der Waals surface area (Å²) in [5, 5.41) is 6.61. The van der Waals surface area contributed by atoms with E-state index in [1.807, 2.05) is 56.4 Å². The second-order valence-electron chi connectivity index (χ2n) is 8.65. The van der Waals surface area contributed by atoms with E-state index in [4.69, 9.17) is 4.74 Å². The van der Waals surface area contributed by atoms with E-state index in [1.54, 1.807) is 18.3 Å². The Balaban J connectivity index is 0.00000342. The molecule has 0 atom stereocenters. The molecule has 0 radical (unpaired) electrons. The number of nitrogens with zero attached hydrogens (tertiary/aromatic N) is 4. The lowest BCUT2D eigenvalue weighted by Gasteiger charge is -2.30. The summed E-state index contributed by atoms with van der Waals surface area (Å²) in [7, 11) is 3.95. The normalized spacial score (nSPS) is 17.1. The molecule has 8 nitrogen and oxygen atoms in total. The number of nitrogens with one attached hydrogen (secondary N) is 2. The van der Waals surface area contributed by atoms with Crippen molar-refractivity contribution in [3.05, 3.63) is 64.4 Å². The number of anilines is 2. The fourth-order valence-electron chi connectivity index (χ4n) is 4.06. The number of hydrogen-bond donors (Lipinski definition) is 2. The van der Waals surface area contributed by atoms with E-state index in [0.717, 1.165) is 41.5 Å². The van der Waals surface area contributed by atoms with Crippen LogP contribution in [0, 0.1) is 6.92 Å². The van der Waals surface area contributed by atoms with E-state index in [0.29, 0.717) is 17.3 Å². The van der Waals surface area contributed by atoms with Gasteiger partial charge in [-0.25, -0.2) is 9.97 Å². The van der Waals surface area contributed by atoms with Gasteiger partial charge in [0, 0.05) is 44.1 Å². The molecule has 3 aromatic rings. The van der Waals surface area contributed by atoms with Crippen LogP contribution in [0.25, 0.3) is 0 Å². The molecule has 1 saturated carbocycles. The molecule has 1 amide bonds. The molecule has 0 spiro atoms. The maximum atomic E-state index is 13.0. The summed E-state index contributed by atoms with van der Waals surface area (Å²) < 4.78 is 6.72. The highest BCUT2D eigenvalue weighted by Crippen LogP contribution is 2.30. The minimum atomic E-state index is -0.177. The third-order valence-corrected chi connectivity index (χ3v) is 6.48. The van der Waals surface area contributed by atoms with Crippen LogP contribution in [0.1, 0.15) is 41.6 Å². The monoisotopic (exact) mass is 560 g/mol. The molecule has 2 heterocycles. The maximum Gasteiger partial charge on any atom is 0.257 e. The summed E-state index contributed by atoms with van der Waals surface area (Å²) in [4.78, 5) is 28.4. The van der Waals surface area contributed by atoms with Gasteiger partial charge in [0.1, 0.15) is 17.1 Å². The Kier molecular flexibility index (Phi) is 9.28. The van der Waals surface area contributed by atoms with Gasteiger partial charge in [-0.15, -0.1) is 12.4 Å². The second-order valence-corrected chi connectivity index (χ2v) is 9.50. The van der Waals surface area contributed by atoms with Gasteiger partial charge in [0.2, 0.25) is 11.8 Å². The van der Waals surface area contributed by atoms with Crippen molar-refractivity contribution in [3.63, 3.8) is 0 Å². The van der Waals surface area contributed by atoms with Gasteiger partial charge in [0.05, 0.1) is 4.47 Å². The number of hydrogen-bond acceptors (Lipinski definition) is 7. The minimum absolute atomic E-state index is 0.